The van der Waals surface area contributed by atoms with Gasteiger partial charge in [0.05, 0.1) is 7.11 Å². The molecule has 5 heteroatoms. The molecule has 3 aromatic rings. The van der Waals surface area contributed by atoms with E-state index in [2.05, 4.69) is 14.9 Å². The predicted molar refractivity (Wildman–Crippen MR) is 68.6 cm³/mol. The van der Waals surface area contributed by atoms with E-state index in [1.807, 2.05) is 42.5 Å². The Morgan fingerprint density at radius 3 is 2.68 bits per heavy atom. The standard InChI is InChI=1S/C14H10N2O3/c1-18-14(17)13-16-15-12(19-13)11-7-6-9-4-2-3-5-10(9)8-11/h2-8H,1H3. The van der Waals surface area contributed by atoms with Crippen molar-refractivity contribution in [3.05, 3.63) is 48.4 Å². The predicted octanol–water partition coefficient (Wildman–Crippen LogP) is 2.68. The molecule has 2 aromatic carbocycles. The number of nitrogens with zero attached hydrogens (tertiary/aromatic N) is 2. The van der Waals surface area contributed by atoms with Crippen molar-refractivity contribution in [3.63, 3.8) is 0 Å². The first-order valence-corrected chi connectivity index (χ1v) is 5.69. The van der Waals surface area contributed by atoms with Gasteiger partial charge in [-0.15, -0.1) is 10.2 Å². The zero-order valence-corrected chi connectivity index (χ0v) is 10.2. The molecular weight excluding hydrogens is 244 g/mol. The second-order valence-corrected chi connectivity index (χ2v) is 3.97. The largest absolute Gasteiger partial charge is 0.462 e. The van der Waals surface area contributed by atoms with Crippen LogP contribution < -0.4 is 0 Å². The molecule has 5 nitrogen and oxygen atoms in total. The number of methoxy groups -OCH3 is 1. The van der Waals surface area contributed by atoms with Crippen molar-refractivity contribution in [2.45, 2.75) is 0 Å². The molecule has 3 rings (SSSR count). The molecule has 0 N–H and O–H groups in total. The molecule has 19 heavy (non-hydrogen) atoms. The Morgan fingerprint density at radius 2 is 1.89 bits per heavy atom. The smallest absolute Gasteiger partial charge is 0.396 e. The fraction of sp³-hybridized carbons (Fsp3) is 0.0714. The topological polar surface area (TPSA) is 65.2 Å². The minimum Gasteiger partial charge on any atom is -0.462 e. The average molecular weight is 254 g/mol. The van der Waals surface area contributed by atoms with Gasteiger partial charge in [-0.25, -0.2) is 4.79 Å². The summed E-state index contributed by atoms with van der Waals surface area (Å²) in [5.74, 6) is -0.489. The van der Waals surface area contributed by atoms with Crippen molar-refractivity contribution in [2.24, 2.45) is 0 Å². The van der Waals surface area contributed by atoms with Crippen molar-refractivity contribution < 1.29 is 13.9 Å². The Morgan fingerprint density at radius 1 is 1.11 bits per heavy atom. The Bertz CT molecular complexity index is 749. The molecule has 0 radical (unpaired) electrons. The van der Waals surface area contributed by atoms with Crippen LogP contribution in [-0.4, -0.2) is 23.3 Å². The summed E-state index contributed by atoms with van der Waals surface area (Å²) >= 11 is 0. The summed E-state index contributed by atoms with van der Waals surface area (Å²) in [7, 11) is 1.27. The second kappa shape index (κ2) is 4.53. The maximum Gasteiger partial charge on any atom is 0.396 e. The SMILES string of the molecule is COC(=O)c1nnc(-c2ccc3ccccc3c2)o1. The third-order valence-corrected chi connectivity index (χ3v) is 2.78. The van der Waals surface area contributed by atoms with Crippen LogP contribution in [0, 0.1) is 0 Å². The van der Waals surface area contributed by atoms with Crippen molar-refractivity contribution in [2.75, 3.05) is 7.11 Å². The lowest BCUT2D eigenvalue weighted by molar-refractivity contribution is 0.0556. The van der Waals surface area contributed by atoms with E-state index >= 15 is 0 Å². The lowest BCUT2D eigenvalue weighted by Crippen LogP contribution is -2.00. The molecule has 0 unspecified atom stereocenters. The fourth-order valence-corrected chi connectivity index (χ4v) is 1.83. The highest BCUT2D eigenvalue weighted by molar-refractivity contribution is 5.87. The van der Waals surface area contributed by atoms with Gasteiger partial charge in [-0.1, -0.05) is 30.3 Å². The van der Waals surface area contributed by atoms with Gasteiger partial charge in [-0.2, -0.15) is 0 Å². The second-order valence-electron chi connectivity index (χ2n) is 3.97. The average Bonchev–Trinajstić information content (AvgIpc) is 2.95. The minimum absolute atomic E-state index is 0.148. The molecule has 0 bridgehead atoms. The number of benzene rings is 2. The number of ether oxygens (including phenoxy) is 1. The van der Waals surface area contributed by atoms with E-state index in [-0.39, 0.29) is 5.89 Å². The highest BCUT2D eigenvalue weighted by Crippen LogP contribution is 2.23. The minimum atomic E-state index is -0.639. The Hall–Kier alpha value is -2.69. The Labute approximate surface area is 108 Å². The van der Waals surface area contributed by atoms with Gasteiger partial charge in [0.15, 0.2) is 0 Å². The summed E-state index contributed by atoms with van der Waals surface area (Å²) < 4.78 is 9.80. The van der Waals surface area contributed by atoms with Crippen LogP contribution in [0.3, 0.4) is 0 Å². The first-order valence-electron chi connectivity index (χ1n) is 5.69. The number of carbonyl (C=O) groups is 1. The van der Waals surface area contributed by atoms with E-state index in [1.54, 1.807) is 0 Å². The summed E-state index contributed by atoms with van der Waals surface area (Å²) in [6, 6.07) is 13.7. The number of fused-ring (bicyclic) bond motifs is 1. The first-order chi connectivity index (χ1) is 9.28. The van der Waals surface area contributed by atoms with Crippen molar-refractivity contribution in [3.8, 4) is 11.5 Å². The number of hydrogen-bond acceptors (Lipinski definition) is 5. The van der Waals surface area contributed by atoms with Crippen LogP contribution in [0.2, 0.25) is 0 Å². The number of hydrogen-bond donors (Lipinski definition) is 0. The van der Waals surface area contributed by atoms with Crippen LogP contribution in [0.25, 0.3) is 22.2 Å². The Kier molecular flexibility index (Phi) is 2.72. The van der Waals surface area contributed by atoms with Crippen LogP contribution in [0.1, 0.15) is 10.7 Å². The van der Waals surface area contributed by atoms with Gasteiger partial charge >= 0.3 is 11.9 Å². The molecule has 1 aromatic heterocycles. The maximum absolute atomic E-state index is 11.3. The molecule has 0 atom stereocenters. The quantitative estimate of drug-likeness (QED) is 0.658. The highest BCUT2D eigenvalue weighted by atomic mass is 16.5. The highest BCUT2D eigenvalue weighted by Gasteiger charge is 2.16. The van der Waals surface area contributed by atoms with Crippen LogP contribution in [0.5, 0.6) is 0 Å². The van der Waals surface area contributed by atoms with Crippen LogP contribution in [0.4, 0.5) is 0 Å². The lowest BCUT2D eigenvalue weighted by Gasteiger charge is -1.99. The van der Waals surface area contributed by atoms with E-state index in [0.717, 1.165) is 16.3 Å². The third-order valence-electron chi connectivity index (χ3n) is 2.78. The molecule has 1 heterocycles. The molecule has 0 saturated carbocycles. The van der Waals surface area contributed by atoms with Crippen LogP contribution >= 0.6 is 0 Å². The van der Waals surface area contributed by atoms with E-state index in [9.17, 15) is 4.79 Å². The molecule has 0 aliphatic heterocycles. The van der Waals surface area contributed by atoms with Crippen molar-refractivity contribution >= 4 is 16.7 Å². The van der Waals surface area contributed by atoms with Crippen molar-refractivity contribution in [1.82, 2.24) is 10.2 Å². The fourth-order valence-electron chi connectivity index (χ4n) is 1.83. The number of esters is 1. The van der Waals surface area contributed by atoms with E-state index in [0.29, 0.717) is 5.89 Å². The van der Waals surface area contributed by atoms with E-state index < -0.39 is 5.97 Å². The zero-order chi connectivity index (χ0) is 13.2. The summed E-state index contributed by atoms with van der Waals surface area (Å²) in [6.07, 6.45) is 0. The van der Waals surface area contributed by atoms with Gasteiger partial charge in [0, 0.05) is 5.56 Å². The molecule has 0 spiro atoms. The molecule has 0 amide bonds. The number of carbonyl (C=O) groups excluding carboxylic acids is 1. The number of rotatable bonds is 2. The summed E-state index contributed by atoms with van der Waals surface area (Å²) in [5.41, 5.74) is 0.765. The van der Waals surface area contributed by atoms with Gasteiger partial charge in [0.2, 0.25) is 5.89 Å². The third kappa shape index (κ3) is 2.06. The first kappa shape index (κ1) is 11.4. The molecule has 0 fully saturated rings. The van der Waals surface area contributed by atoms with Gasteiger partial charge in [-0.05, 0) is 22.9 Å². The summed E-state index contributed by atoms with van der Waals surface area (Å²) in [4.78, 5) is 11.3. The normalized spacial score (nSPS) is 10.6. The van der Waals surface area contributed by atoms with Gasteiger partial charge in [0.1, 0.15) is 0 Å². The Balaban J connectivity index is 2.04. The molecule has 0 aliphatic carbocycles. The van der Waals surface area contributed by atoms with Gasteiger partial charge in [-0.3, -0.25) is 0 Å². The van der Waals surface area contributed by atoms with E-state index in [4.69, 9.17) is 4.42 Å². The molecule has 94 valence electrons. The van der Waals surface area contributed by atoms with Crippen molar-refractivity contribution in [1.29, 1.82) is 0 Å². The van der Waals surface area contributed by atoms with Crippen LogP contribution in [0.15, 0.2) is 46.9 Å². The zero-order valence-electron chi connectivity index (χ0n) is 10.2. The molecular formula is C14H10N2O3. The lowest BCUT2D eigenvalue weighted by atomic mass is 10.1. The summed E-state index contributed by atoms with van der Waals surface area (Å²) in [5, 5.41) is 9.69. The molecule has 0 saturated heterocycles. The monoisotopic (exact) mass is 254 g/mol. The van der Waals surface area contributed by atoms with Crippen LogP contribution in [-0.2, 0) is 4.74 Å². The number of aromatic nitrogens is 2. The maximum atomic E-state index is 11.3. The summed E-state index contributed by atoms with van der Waals surface area (Å²) in [6.45, 7) is 0. The molecule has 0 aliphatic rings. The van der Waals surface area contributed by atoms with Gasteiger partial charge in [0.25, 0.3) is 0 Å². The van der Waals surface area contributed by atoms with Gasteiger partial charge < -0.3 is 9.15 Å². The van der Waals surface area contributed by atoms with E-state index in [1.165, 1.54) is 7.11 Å².